The van der Waals surface area contributed by atoms with E-state index in [1.54, 1.807) is 12.1 Å². The monoisotopic (exact) mass is 428 g/mol. The summed E-state index contributed by atoms with van der Waals surface area (Å²) in [5, 5.41) is 15.4. The second-order valence-electron chi connectivity index (χ2n) is 8.27. The van der Waals surface area contributed by atoms with E-state index in [4.69, 9.17) is 0 Å². The molecular formula is C26H24N2O2S. The van der Waals surface area contributed by atoms with Crippen LogP contribution in [0.3, 0.4) is 0 Å². The maximum absolute atomic E-state index is 11.7. The molecule has 0 unspecified atom stereocenters. The minimum Gasteiger partial charge on any atom is -0.377 e. The lowest BCUT2D eigenvalue weighted by Crippen LogP contribution is -2.30. The van der Waals surface area contributed by atoms with E-state index < -0.39 is 0 Å². The molecular weight excluding hydrogens is 404 g/mol. The topological polar surface area (TPSA) is 55.2 Å². The van der Waals surface area contributed by atoms with E-state index in [0.29, 0.717) is 0 Å². The fraction of sp³-hybridized carbons (Fsp3) is 0.231. The molecule has 3 aromatic carbocycles. The molecule has 156 valence electrons. The van der Waals surface area contributed by atoms with E-state index in [0.717, 1.165) is 23.4 Å². The van der Waals surface area contributed by atoms with Crippen LogP contribution in [0.2, 0.25) is 0 Å². The summed E-state index contributed by atoms with van der Waals surface area (Å²) in [6.07, 6.45) is 5.45. The van der Waals surface area contributed by atoms with Crippen molar-refractivity contribution in [1.82, 2.24) is 0 Å². The van der Waals surface area contributed by atoms with Crippen LogP contribution in [-0.2, 0) is 5.75 Å². The van der Waals surface area contributed by atoms with Crippen LogP contribution in [0.15, 0.2) is 83.8 Å². The summed E-state index contributed by atoms with van der Waals surface area (Å²) in [6.45, 7) is 2.14. The molecule has 5 heteroatoms. The third-order valence-electron chi connectivity index (χ3n) is 6.34. The molecule has 0 amide bonds. The molecule has 0 spiro atoms. The number of nitro benzene ring substituents is 1. The zero-order chi connectivity index (χ0) is 21.4. The first-order valence-corrected chi connectivity index (χ1v) is 11.6. The number of benzene rings is 3. The van der Waals surface area contributed by atoms with Crippen molar-refractivity contribution in [2.75, 3.05) is 5.32 Å². The van der Waals surface area contributed by atoms with Gasteiger partial charge in [0.25, 0.3) is 5.69 Å². The fourth-order valence-corrected chi connectivity index (χ4v) is 5.80. The van der Waals surface area contributed by atoms with Crippen molar-refractivity contribution in [3.05, 3.63) is 111 Å². The molecule has 2 aliphatic rings. The number of allylic oxidation sites excluding steroid dienone is 2. The zero-order valence-corrected chi connectivity index (χ0v) is 18.1. The molecule has 0 fully saturated rings. The smallest absolute Gasteiger partial charge is 0.274 e. The summed E-state index contributed by atoms with van der Waals surface area (Å²) in [6, 6.07) is 22.1. The van der Waals surface area contributed by atoms with Crippen molar-refractivity contribution in [3.8, 4) is 0 Å². The molecule has 0 radical (unpaired) electrons. The number of nitro groups is 1. The highest BCUT2D eigenvalue weighted by molar-refractivity contribution is 7.98. The Morgan fingerprint density at radius 3 is 2.65 bits per heavy atom. The van der Waals surface area contributed by atoms with Crippen LogP contribution in [0.25, 0.3) is 0 Å². The number of hydrogen-bond donors (Lipinski definition) is 1. The number of thioether (sulfide) groups is 1. The second-order valence-corrected chi connectivity index (χ2v) is 9.32. The Morgan fingerprint density at radius 1 is 1.06 bits per heavy atom. The van der Waals surface area contributed by atoms with Crippen molar-refractivity contribution in [1.29, 1.82) is 0 Å². The van der Waals surface area contributed by atoms with Crippen LogP contribution in [0, 0.1) is 23.0 Å². The highest BCUT2D eigenvalue weighted by Crippen LogP contribution is 2.52. The first kappa shape index (κ1) is 19.9. The van der Waals surface area contributed by atoms with Crippen LogP contribution in [0.4, 0.5) is 11.4 Å². The summed E-state index contributed by atoms with van der Waals surface area (Å²) >= 11 is 1.85. The van der Waals surface area contributed by atoms with E-state index in [9.17, 15) is 10.1 Å². The van der Waals surface area contributed by atoms with E-state index in [1.165, 1.54) is 21.6 Å². The summed E-state index contributed by atoms with van der Waals surface area (Å²) in [5.74, 6) is 1.48. The largest absolute Gasteiger partial charge is 0.377 e. The van der Waals surface area contributed by atoms with Gasteiger partial charge in [-0.05, 0) is 48.1 Å². The molecule has 4 nitrogen and oxygen atoms in total. The third-order valence-corrected chi connectivity index (χ3v) is 7.43. The van der Waals surface area contributed by atoms with Crippen molar-refractivity contribution >= 4 is 23.1 Å². The lowest BCUT2D eigenvalue weighted by molar-refractivity contribution is -0.385. The molecule has 3 aromatic rings. The van der Waals surface area contributed by atoms with Crippen molar-refractivity contribution in [2.24, 2.45) is 5.92 Å². The average Bonchev–Trinajstić information content (AvgIpc) is 3.28. The van der Waals surface area contributed by atoms with Crippen molar-refractivity contribution in [3.63, 3.8) is 0 Å². The summed E-state index contributed by atoms with van der Waals surface area (Å²) in [5.41, 5.74) is 5.93. The molecule has 0 aromatic heterocycles. The number of para-hydroxylation sites is 1. The van der Waals surface area contributed by atoms with E-state index in [2.05, 4.69) is 60.8 Å². The summed E-state index contributed by atoms with van der Waals surface area (Å²) in [4.78, 5) is 12.7. The molecule has 0 bridgehead atoms. The molecule has 31 heavy (non-hydrogen) atoms. The molecule has 1 aliphatic carbocycles. The number of nitrogens with one attached hydrogen (secondary N) is 1. The van der Waals surface area contributed by atoms with Gasteiger partial charge < -0.3 is 5.32 Å². The van der Waals surface area contributed by atoms with Crippen molar-refractivity contribution in [2.45, 2.75) is 36.0 Å². The van der Waals surface area contributed by atoms with Gasteiger partial charge in [-0.15, -0.1) is 11.8 Å². The zero-order valence-electron chi connectivity index (χ0n) is 17.3. The number of nitrogens with zero attached hydrogens (tertiary/aromatic N) is 1. The Kier molecular flexibility index (Phi) is 5.28. The van der Waals surface area contributed by atoms with Gasteiger partial charge in [0, 0.05) is 28.3 Å². The maximum Gasteiger partial charge on any atom is 0.274 e. The molecule has 0 saturated heterocycles. The molecule has 5 rings (SSSR count). The summed E-state index contributed by atoms with van der Waals surface area (Å²) < 4.78 is 0. The lowest BCUT2D eigenvalue weighted by atomic mass is 9.75. The van der Waals surface area contributed by atoms with Gasteiger partial charge in [0.2, 0.25) is 0 Å². The minimum atomic E-state index is -0.263. The predicted molar refractivity (Wildman–Crippen MR) is 127 cm³/mol. The molecule has 3 atom stereocenters. The Balaban J connectivity index is 1.49. The number of fused-ring (bicyclic) bond motifs is 3. The predicted octanol–water partition coefficient (Wildman–Crippen LogP) is 7.02. The average molecular weight is 429 g/mol. The van der Waals surface area contributed by atoms with Crippen LogP contribution in [-0.4, -0.2) is 4.92 Å². The molecule has 0 saturated carbocycles. The standard InChI is InChI=1S/C26H24N2O2S/c1-17-14-18(16-31-19-8-3-2-4-9-19)15-23-20-11-7-12-21(20)26(27-25(17)23)22-10-5-6-13-24(22)28(29)30/h2-11,13-15,20-21,26-27H,12,16H2,1H3/t20-,21+,26-/m0/s1. The van der Waals surface area contributed by atoms with E-state index in [-0.39, 0.29) is 28.5 Å². The van der Waals surface area contributed by atoms with Gasteiger partial charge in [0.05, 0.1) is 16.5 Å². The molecule has 1 aliphatic heterocycles. The Labute approximate surface area is 186 Å². The second kappa shape index (κ2) is 8.23. The van der Waals surface area contributed by atoms with Gasteiger partial charge in [-0.2, -0.15) is 0 Å². The van der Waals surface area contributed by atoms with E-state index in [1.807, 2.05) is 30.0 Å². The van der Waals surface area contributed by atoms with Gasteiger partial charge in [0.15, 0.2) is 0 Å². The quantitative estimate of drug-likeness (QED) is 0.205. The van der Waals surface area contributed by atoms with Gasteiger partial charge in [-0.3, -0.25) is 10.1 Å². The van der Waals surface area contributed by atoms with Gasteiger partial charge >= 0.3 is 0 Å². The van der Waals surface area contributed by atoms with Crippen LogP contribution < -0.4 is 5.32 Å². The van der Waals surface area contributed by atoms with Gasteiger partial charge in [-0.1, -0.05) is 60.7 Å². The number of aryl methyl sites for hydroxylation is 1. The normalized spacial score (nSPS) is 21.3. The van der Waals surface area contributed by atoms with E-state index >= 15 is 0 Å². The number of hydrogen-bond acceptors (Lipinski definition) is 4. The van der Waals surface area contributed by atoms with Gasteiger partial charge in [-0.25, -0.2) is 0 Å². The maximum atomic E-state index is 11.7. The SMILES string of the molecule is Cc1cc(CSc2ccccc2)cc2c1N[C@H](c1ccccc1[N+](=O)[O-])[C@@H]1CC=C[C@H]21. The highest BCUT2D eigenvalue weighted by Gasteiger charge is 2.40. The first-order chi connectivity index (χ1) is 15.1. The number of anilines is 1. The fourth-order valence-electron chi connectivity index (χ4n) is 4.96. The number of rotatable bonds is 5. The molecule has 1 heterocycles. The van der Waals surface area contributed by atoms with Crippen LogP contribution in [0.5, 0.6) is 0 Å². The lowest BCUT2D eigenvalue weighted by Gasteiger charge is -2.38. The Bertz CT molecular complexity index is 1160. The van der Waals surface area contributed by atoms with Gasteiger partial charge in [0.1, 0.15) is 0 Å². The molecule has 1 N–H and O–H groups in total. The third kappa shape index (κ3) is 3.74. The summed E-state index contributed by atoms with van der Waals surface area (Å²) in [7, 11) is 0. The Hall–Kier alpha value is -3.05. The highest BCUT2D eigenvalue weighted by atomic mass is 32.2. The minimum absolute atomic E-state index is 0.0719. The Morgan fingerprint density at radius 2 is 1.84 bits per heavy atom. The van der Waals surface area contributed by atoms with Crippen LogP contribution >= 0.6 is 11.8 Å². The van der Waals surface area contributed by atoms with Crippen molar-refractivity contribution < 1.29 is 4.92 Å². The van der Waals surface area contributed by atoms with Crippen LogP contribution in [0.1, 0.15) is 40.6 Å². The first-order valence-electron chi connectivity index (χ1n) is 10.6.